The van der Waals surface area contributed by atoms with Crippen molar-refractivity contribution in [3.8, 4) is 11.3 Å². The lowest BCUT2D eigenvalue weighted by Gasteiger charge is -2.42. The molecule has 0 radical (unpaired) electrons. The van der Waals surface area contributed by atoms with Gasteiger partial charge in [0.2, 0.25) is 0 Å². The smallest absolute Gasteiger partial charge is 0.123 e. The molecule has 1 aromatic heterocycles. The van der Waals surface area contributed by atoms with E-state index in [1.807, 2.05) is 12.2 Å². The highest BCUT2D eigenvalue weighted by Crippen LogP contribution is 2.41. The minimum Gasteiger partial charge on any atom is -0.362 e. The van der Waals surface area contributed by atoms with Gasteiger partial charge >= 0.3 is 0 Å². The molecule has 0 saturated heterocycles. The number of hydrogen-bond acceptors (Lipinski definition) is 3. The quantitative estimate of drug-likeness (QED) is 0.591. The van der Waals surface area contributed by atoms with Gasteiger partial charge in [0, 0.05) is 28.9 Å². The van der Waals surface area contributed by atoms with Gasteiger partial charge in [0.25, 0.3) is 0 Å². The van der Waals surface area contributed by atoms with Gasteiger partial charge in [0.05, 0.1) is 11.2 Å². The largest absolute Gasteiger partial charge is 0.362 e. The summed E-state index contributed by atoms with van der Waals surface area (Å²) in [6, 6.07) is 8.62. The lowest BCUT2D eigenvalue weighted by Crippen LogP contribution is -2.42. The van der Waals surface area contributed by atoms with E-state index >= 15 is 0 Å². The number of rotatable bonds is 6. The summed E-state index contributed by atoms with van der Waals surface area (Å²) in [7, 11) is 0. The van der Waals surface area contributed by atoms with Crippen molar-refractivity contribution in [2.24, 2.45) is 0 Å². The monoisotopic (exact) mass is 390 g/mol. The Morgan fingerprint density at radius 3 is 2.24 bits per heavy atom. The third-order valence-corrected chi connectivity index (χ3v) is 6.53. The summed E-state index contributed by atoms with van der Waals surface area (Å²) in [6.07, 6.45) is 5.82. The Bertz CT molecular complexity index is 959. The second kappa shape index (κ2) is 7.66. The average Bonchev–Trinajstić information content (AvgIpc) is 3.14. The number of aromatic nitrogens is 3. The first-order valence-corrected chi connectivity index (χ1v) is 10.5. The van der Waals surface area contributed by atoms with E-state index in [1.54, 1.807) is 0 Å². The maximum atomic E-state index is 4.67. The van der Waals surface area contributed by atoms with E-state index in [1.165, 1.54) is 11.1 Å². The summed E-state index contributed by atoms with van der Waals surface area (Å²) < 4.78 is 2.09. The molecule has 0 atom stereocenters. The first-order chi connectivity index (χ1) is 13.7. The summed E-state index contributed by atoms with van der Waals surface area (Å²) >= 11 is 0. The molecule has 0 saturated carbocycles. The Labute approximate surface area is 175 Å². The van der Waals surface area contributed by atoms with Crippen molar-refractivity contribution < 1.29 is 0 Å². The van der Waals surface area contributed by atoms with Crippen LogP contribution in [0.25, 0.3) is 16.8 Å². The van der Waals surface area contributed by atoms with E-state index in [0.29, 0.717) is 0 Å². The third-order valence-electron chi connectivity index (χ3n) is 6.53. The van der Waals surface area contributed by atoms with Crippen molar-refractivity contribution in [3.05, 3.63) is 66.5 Å². The van der Waals surface area contributed by atoms with Crippen LogP contribution in [0.5, 0.6) is 0 Å². The Kier molecular flexibility index (Phi) is 5.57. The van der Waals surface area contributed by atoms with E-state index in [4.69, 9.17) is 0 Å². The molecule has 154 valence electrons. The van der Waals surface area contributed by atoms with Gasteiger partial charge in [-0.25, -0.2) is 4.68 Å². The van der Waals surface area contributed by atoms with Crippen molar-refractivity contribution in [3.63, 3.8) is 0 Å². The van der Waals surface area contributed by atoms with Crippen LogP contribution in [0.1, 0.15) is 65.6 Å². The van der Waals surface area contributed by atoms with Gasteiger partial charge in [0.15, 0.2) is 0 Å². The van der Waals surface area contributed by atoms with Crippen LogP contribution in [0.3, 0.4) is 0 Å². The number of allylic oxidation sites excluding steroid dienone is 3. The van der Waals surface area contributed by atoms with E-state index in [-0.39, 0.29) is 11.1 Å². The summed E-state index contributed by atoms with van der Waals surface area (Å²) in [5, 5.41) is 9.30. The van der Waals surface area contributed by atoms with Crippen molar-refractivity contribution in [2.75, 3.05) is 0 Å². The first kappa shape index (κ1) is 21.1. The van der Waals surface area contributed by atoms with E-state index < -0.39 is 0 Å². The maximum Gasteiger partial charge on any atom is 0.123 e. The predicted molar refractivity (Wildman–Crippen MR) is 122 cm³/mol. The van der Waals surface area contributed by atoms with Crippen LogP contribution in [-0.4, -0.2) is 25.4 Å². The fourth-order valence-electron chi connectivity index (χ4n) is 3.84. The Morgan fingerprint density at radius 2 is 1.66 bits per heavy atom. The lowest BCUT2D eigenvalue weighted by molar-refractivity contribution is 0.159. The molecule has 0 aliphatic carbocycles. The zero-order valence-corrected chi connectivity index (χ0v) is 18.8. The van der Waals surface area contributed by atoms with Crippen LogP contribution in [-0.2, 0) is 12.1 Å². The molecule has 0 amide bonds. The summed E-state index contributed by atoms with van der Waals surface area (Å²) in [6.45, 7) is 22.5. The number of hydrogen-bond donors (Lipinski definition) is 0. The number of nitrogens with zero attached hydrogens (tertiary/aromatic N) is 4. The standard InChI is InChI=1S/C25H34N4/c1-9-19-21(10-2)28(24(5,6)11-3)17-18-15-13-14-16-20(18)23-22(19)26-27-29(23)25(7,8)12-4/h9-10,13-16H,1-2,11-12,17H2,3-8H3/b21-19-. The summed E-state index contributed by atoms with van der Waals surface area (Å²) in [5.41, 5.74) is 6.27. The van der Waals surface area contributed by atoms with Crippen molar-refractivity contribution in [1.82, 2.24) is 19.9 Å². The molecule has 0 bridgehead atoms. The van der Waals surface area contributed by atoms with Crippen LogP contribution < -0.4 is 0 Å². The minimum absolute atomic E-state index is 0.0406. The fourth-order valence-corrected chi connectivity index (χ4v) is 3.84. The molecule has 0 spiro atoms. The zero-order valence-electron chi connectivity index (χ0n) is 18.8. The predicted octanol–water partition coefficient (Wildman–Crippen LogP) is 6.18. The molecular formula is C25H34N4. The van der Waals surface area contributed by atoms with Gasteiger partial charge < -0.3 is 4.90 Å². The highest BCUT2D eigenvalue weighted by molar-refractivity contribution is 5.85. The molecule has 0 unspecified atom stereocenters. The van der Waals surface area contributed by atoms with Gasteiger partial charge in [-0.1, -0.05) is 62.6 Å². The van der Waals surface area contributed by atoms with Crippen LogP contribution in [0, 0.1) is 0 Å². The number of fused-ring (bicyclic) bond motifs is 3. The first-order valence-electron chi connectivity index (χ1n) is 10.5. The molecule has 1 aromatic carbocycles. The summed E-state index contributed by atoms with van der Waals surface area (Å²) in [5.74, 6) is 0. The Hall–Kier alpha value is -2.62. The van der Waals surface area contributed by atoms with Crippen LogP contribution in [0.2, 0.25) is 0 Å². The molecule has 4 nitrogen and oxygen atoms in total. The average molecular weight is 391 g/mol. The second-order valence-corrected chi connectivity index (χ2v) is 8.98. The van der Waals surface area contributed by atoms with Gasteiger partial charge in [-0.2, -0.15) is 0 Å². The topological polar surface area (TPSA) is 34.0 Å². The van der Waals surface area contributed by atoms with E-state index in [9.17, 15) is 0 Å². The molecule has 3 rings (SSSR count). The maximum absolute atomic E-state index is 4.67. The van der Waals surface area contributed by atoms with Crippen molar-refractivity contribution in [2.45, 2.75) is 72.0 Å². The highest BCUT2D eigenvalue weighted by atomic mass is 15.5. The molecule has 1 aliphatic heterocycles. The highest BCUT2D eigenvalue weighted by Gasteiger charge is 2.34. The van der Waals surface area contributed by atoms with Gasteiger partial charge in [-0.3, -0.25) is 0 Å². The van der Waals surface area contributed by atoms with Crippen LogP contribution in [0.15, 0.2) is 55.3 Å². The SMILES string of the molecule is C=C/C1=C(\C=C)N(C(C)(C)CC)Cc2ccccc2-c2c1nnn2C(C)(C)CC. The molecule has 29 heavy (non-hydrogen) atoms. The molecule has 0 N–H and O–H groups in total. The molecular weight excluding hydrogens is 356 g/mol. The normalized spacial score (nSPS) is 17.2. The summed E-state index contributed by atoms with van der Waals surface area (Å²) in [4.78, 5) is 2.43. The zero-order chi connectivity index (χ0) is 21.4. The van der Waals surface area contributed by atoms with Crippen molar-refractivity contribution in [1.29, 1.82) is 0 Å². The van der Waals surface area contributed by atoms with E-state index in [0.717, 1.165) is 42.0 Å². The molecule has 2 aromatic rings. The molecule has 2 heterocycles. The Balaban J connectivity index is 2.45. The Morgan fingerprint density at radius 1 is 1.00 bits per heavy atom. The fraction of sp³-hybridized carbons (Fsp3) is 0.440. The molecule has 0 fully saturated rings. The van der Waals surface area contributed by atoms with Gasteiger partial charge in [-0.05, 0) is 52.2 Å². The molecule has 4 heteroatoms. The van der Waals surface area contributed by atoms with Crippen LogP contribution in [0.4, 0.5) is 0 Å². The van der Waals surface area contributed by atoms with Gasteiger partial charge in [0.1, 0.15) is 5.69 Å². The van der Waals surface area contributed by atoms with E-state index in [2.05, 4.69) is 98.9 Å². The lowest BCUT2D eigenvalue weighted by atomic mass is 9.90. The third kappa shape index (κ3) is 3.45. The van der Waals surface area contributed by atoms with Gasteiger partial charge in [-0.15, -0.1) is 5.10 Å². The van der Waals surface area contributed by atoms with Crippen molar-refractivity contribution >= 4 is 5.57 Å². The van der Waals surface area contributed by atoms with Crippen LogP contribution >= 0.6 is 0 Å². The molecule has 1 aliphatic rings. The second-order valence-electron chi connectivity index (χ2n) is 8.98. The minimum atomic E-state index is -0.143. The number of benzene rings is 1.